The second kappa shape index (κ2) is 4.21. The number of pyridine rings is 1. The first kappa shape index (κ1) is 10.8. The highest BCUT2D eigenvalue weighted by Gasteiger charge is 2.45. The molecule has 4 heterocycles. The molecule has 1 aromatic rings. The van der Waals surface area contributed by atoms with Gasteiger partial charge >= 0.3 is 0 Å². The van der Waals surface area contributed by atoms with Gasteiger partial charge in [-0.1, -0.05) is 6.07 Å². The van der Waals surface area contributed by atoms with Crippen LogP contribution in [0.4, 0.5) is 5.82 Å². The first-order chi connectivity index (χ1) is 8.92. The van der Waals surface area contributed by atoms with E-state index in [4.69, 9.17) is 4.74 Å². The molecule has 3 aliphatic heterocycles. The predicted molar refractivity (Wildman–Crippen MR) is 69.7 cm³/mol. The molecule has 0 aliphatic carbocycles. The number of piperazine rings is 1. The fraction of sp³-hybridized carbons (Fsp3) is 0.643. The average molecular weight is 245 g/mol. The molecule has 0 aromatic carbocycles. The van der Waals surface area contributed by atoms with Gasteiger partial charge in [0.2, 0.25) is 0 Å². The van der Waals surface area contributed by atoms with Crippen LogP contribution in [0.15, 0.2) is 24.4 Å². The molecule has 96 valence electrons. The van der Waals surface area contributed by atoms with Crippen LogP contribution >= 0.6 is 0 Å². The Kier molecular flexibility index (Phi) is 2.52. The molecular formula is C14H19N3O. The van der Waals surface area contributed by atoms with Crippen LogP contribution in [0.5, 0.6) is 0 Å². The first-order valence-corrected chi connectivity index (χ1v) is 6.93. The third kappa shape index (κ3) is 1.63. The molecule has 4 heteroatoms. The van der Waals surface area contributed by atoms with Crippen molar-refractivity contribution in [1.29, 1.82) is 0 Å². The number of nitrogens with zero attached hydrogens (tertiary/aromatic N) is 3. The second-order valence-corrected chi connectivity index (χ2v) is 5.62. The standard InChI is InChI=1S/C14H19N3O/c1-2-6-15-14(3-1)16-7-11-4-5-12(8-16)17(11)13-9-18-10-13/h1-3,6,11-13H,4-5,7-10H2. The summed E-state index contributed by atoms with van der Waals surface area (Å²) in [4.78, 5) is 9.67. The lowest BCUT2D eigenvalue weighted by Gasteiger charge is -2.47. The van der Waals surface area contributed by atoms with E-state index in [0.717, 1.165) is 32.1 Å². The molecule has 1 aromatic heterocycles. The van der Waals surface area contributed by atoms with E-state index in [1.165, 1.54) is 12.8 Å². The van der Waals surface area contributed by atoms with Crippen LogP contribution in [0.1, 0.15) is 12.8 Å². The summed E-state index contributed by atoms with van der Waals surface area (Å²) in [5.41, 5.74) is 0. The van der Waals surface area contributed by atoms with E-state index in [2.05, 4.69) is 26.9 Å². The molecule has 0 spiro atoms. The third-order valence-corrected chi connectivity index (χ3v) is 4.55. The predicted octanol–water partition coefficient (Wildman–Crippen LogP) is 1.13. The monoisotopic (exact) mass is 245 g/mol. The molecular weight excluding hydrogens is 226 g/mol. The lowest BCUT2D eigenvalue weighted by atomic mass is 10.1. The zero-order chi connectivity index (χ0) is 11.9. The van der Waals surface area contributed by atoms with Gasteiger partial charge < -0.3 is 9.64 Å². The number of aromatic nitrogens is 1. The van der Waals surface area contributed by atoms with Crippen LogP contribution in [-0.4, -0.2) is 54.3 Å². The minimum absolute atomic E-state index is 0.688. The van der Waals surface area contributed by atoms with E-state index >= 15 is 0 Å². The van der Waals surface area contributed by atoms with E-state index in [9.17, 15) is 0 Å². The molecule has 0 amide bonds. The van der Waals surface area contributed by atoms with Crippen LogP contribution in [0.2, 0.25) is 0 Å². The topological polar surface area (TPSA) is 28.6 Å². The van der Waals surface area contributed by atoms with E-state index in [0.29, 0.717) is 18.1 Å². The van der Waals surface area contributed by atoms with Gasteiger partial charge in [0.25, 0.3) is 0 Å². The summed E-state index contributed by atoms with van der Waals surface area (Å²) >= 11 is 0. The molecule has 0 N–H and O–H groups in total. The number of hydrogen-bond donors (Lipinski definition) is 0. The molecule has 3 saturated heterocycles. The highest BCUT2D eigenvalue weighted by molar-refractivity contribution is 5.39. The zero-order valence-electron chi connectivity index (χ0n) is 10.5. The molecule has 18 heavy (non-hydrogen) atoms. The quantitative estimate of drug-likeness (QED) is 0.781. The summed E-state index contributed by atoms with van der Waals surface area (Å²) in [6.45, 7) is 4.14. The second-order valence-electron chi connectivity index (χ2n) is 5.62. The van der Waals surface area contributed by atoms with Crippen LogP contribution in [0.25, 0.3) is 0 Å². The number of hydrogen-bond acceptors (Lipinski definition) is 4. The maximum Gasteiger partial charge on any atom is 0.128 e. The van der Waals surface area contributed by atoms with E-state index < -0.39 is 0 Å². The van der Waals surface area contributed by atoms with Crippen molar-refractivity contribution >= 4 is 5.82 Å². The van der Waals surface area contributed by atoms with E-state index in [1.54, 1.807) is 0 Å². The Balaban J connectivity index is 1.53. The smallest absolute Gasteiger partial charge is 0.128 e. The summed E-state index contributed by atoms with van der Waals surface area (Å²) in [6.07, 6.45) is 4.57. The largest absolute Gasteiger partial charge is 0.378 e. The Hall–Kier alpha value is -1.13. The van der Waals surface area contributed by atoms with Gasteiger partial charge in [0.1, 0.15) is 5.82 Å². The number of ether oxygens (including phenoxy) is 1. The maximum absolute atomic E-state index is 5.36. The number of rotatable bonds is 2. The molecule has 0 saturated carbocycles. The third-order valence-electron chi connectivity index (χ3n) is 4.55. The Morgan fingerprint density at radius 3 is 2.39 bits per heavy atom. The summed E-state index contributed by atoms with van der Waals surface area (Å²) < 4.78 is 5.36. The highest BCUT2D eigenvalue weighted by Crippen LogP contribution is 2.35. The summed E-state index contributed by atoms with van der Waals surface area (Å²) in [6, 6.07) is 8.30. The maximum atomic E-state index is 5.36. The number of anilines is 1. The summed E-state index contributed by atoms with van der Waals surface area (Å²) in [7, 11) is 0. The molecule has 3 aliphatic rings. The Morgan fingerprint density at radius 1 is 1.06 bits per heavy atom. The fourth-order valence-electron chi connectivity index (χ4n) is 3.66. The minimum Gasteiger partial charge on any atom is -0.378 e. The van der Waals surface area contributed by atoms with Crippen molar-refractivity contribution in [2.75, 3.05) is 31.2 Å². The molecule has 2 bridgehead atoms. The fourth-order valence-corrected chi connectivity index (χ4v) is 3.66. The summed E-state index contributed by atoms with van der Waals surface area (Å²) in [5.74, 6) is 1.14. The molecule has 0 radical (unpaired) electrons. The van der Waals surface area contributed by atoms with E-state index in [1.807, 2.05) is 12.3 Å². The molecule has 4 nitrogen and oxygen atoms in total. The van der Waals surface area contributed by atoms with Gasteiger partial charge in [-0.2, -0.15) is 0 Å². The van der Waals surface area contributed by atoms with Crippen LogP contribution < -0.4 is 4.90 Å². The van der Waals surface area contributed by atoms with Gasteiger partial charge in [-0.05, 0) is 25.0 Å². The summed E-state index contributed by atoms with van der Waals surface area (Å²) in [5, 5.41) is 0. The van der Waals surface area contributed by atoms with Gasteiger partial charge in [-0.25, -0.2) is 4.98 Å². The van der Waals surface area contributed by atoms with Gasteiger partial charge in [-0.15, -0.1) is 0 Å². The molecule has 4 rings (SSSR count). The van der Waals surface area contributed by atoms with E-state index in [-0.39, 0.29) is 0 Å². The first-order valence-electron chi connectivity index (χ1n) is 6.93. The van der Waals surface area contributed by atoms with Crippen molar-refractivity contribution in [2.45, 2.75) is 31.0 Å². The van der Waals surface area contributed by atoms with Crippen molar-refractivity contribution in [2.24, 2.45) is 0 Å². The van der Waals surface area contributed by atoms with Gasteiger partial charge in [0.15, 0.2) is 0 Å². The van der Waals surface area contributed by atoms with Crippen molar-refractivity contribution in [3.8, 4) is 0 Å². The highest BCUT2D eigenvalue weighted by atomic mass is 16.5. The average Bonchev–Trinajstić information content (AvgIpc) is 2.61. The Labute approximate surface area is 108 Å². The minimum atomic E-state index is 0.688. The van der Waals surface area contributed by atoms with Crippen LogP contribution in [0.3, 0.4) is 0 Å². The number of fused-ring (bicyclic) bond motifs is 2. The van der Waals surface area contributed by atoms with Crippen molar-refractivity contribution in [3.63, 3.8) is 0 Å². The lowest BCUT2D eigenvalue weighted by molar-refractivity contribution is -0.0850. The normalized spacial score (nSPS) is 32.6. The van der Waals surface area contributed by atoms with Crippen molar-refractivity contribution < 1.29 is 4.74 Å². The molecule has 2 unspecified atom stereocenters. The van der Waals surface area contributed by atoms with Crippen molar-refractivity contribution in [1.82, 2.24) is 9.88 Å². The Morgan fingerprint density at radius 2 is 1.83 bits per heavy atom. The van der Waals surface area contributed by atoms with Gasteiger partial charge in [0.05, 0.1) is 19.3 Å². The van der Waals surface area contributed by atoms with Gasteiger partial charge in [-0.3, -0.25) is 4.90 Å². The Bertz CT molecular complexity index is 406. The molecule has 3 fully saturated rings. The zero-order valence-corrected chi connectivity index (χ0v) is 10.5. The SMILES string of the molecule is c1ccc(N2CC3CCC(C2)N3C2COC2)nc1. The van der Waals surface area contributed by atoms with Gasteiger partial charge in [0, 0.05) is 31.4 Å². The van der Waals surface area contributed by atoms with Crippen LogP contribution in [-0.2, 0) is 4.74 Å². The van der Waals surface area contributed by atoms with Crippen LogP contribution in [0, 0.1) is 0 Å². The lowest BCUT2D eigenvalue weighted by Crippen LogP contribution is -2.62. The van der Waals surface area contributed by atoms with Crippen molar-refractivity contribution in [3.05, 3.63) is 24.4 Å². The molecule has 2 atom stereocenters.